The van der Waals surface area contributed by atoms with E-state index in [1.54, 1.807) is 26.8 Å². The molecule has 0 aromatic rings. The summed E-state index contributed by atoms with van der Waals surface area (Å²) in [5.74, 6) is -2.90. The van der Waals surface area contributed by atoms with E-state index in [4.69, 9.17) is 23.2 Å². The van der Waals surface area contributed by atoms with Crippen LogP contribution in [-0.2, 0) is 9.59 Å². The topological polar surface area (TPSA) is 74.6 Å². The number of ketones is 2. The summed E-state index contributed by atoms with van der Waals surface area (Å²) in [5.41, 5.74) is -4.45. The smallest absolute Gasteiger partial charge is 0.191 e. The van der Waals surface area contributed by atoms with E-state index in [0.717, 1.165) is 5.57 Å². The second-order valence-corrected chi connectivity index (χ2v) is 8.46. The first kappa shape index (κ1) is 18.1. The van der Waals surface area contributed by atoms with Gasteiger partial charge in [0.05, 0.1) is 17.2 Å². The molecule has 0 saturated heterocycles. The van der Waals surface area contributed by atoms with Crippen molar-refractivity contribution in [2.24, 2.45) is 22.7 Å². The molecule has 0 aromatic carbocycles. The van der Waals surface area contributed by atoms with Gasteiger partial charge in [-0.3, -0.25) is 9.59 Å². The molecule has 0 amide bonds. The fourth-order valence-electron chi connectivity index (χ4n) is 5.48. The number of hydrogen-bond donors (Lipinski definition) is 2. The normalized spacial score (nSPS) is 50.5. The van der Waals surface area contributed by atoms with E-state index < -0.39 is 39.7 Å². The lowest BCUT2D eigenvalue weighted by molar-refractivity contribution is -0.202. The highest BCUT2D eigenvalue weighted by Crippen LogP contribution is 2.68. The first-order valence-electron chi connectivity index (χ1n) is 7.99. The standard InChI is InChI=1S/C18H22Cl2O4/c1-9-5-16(4)14(22)17(23,7-19)11(9)12-15(16,3)6-10(2)13(21)18(12,24)8-20/h5-6,11-12,23-24H,7-8H2,1-4H3/t11-,12+,15+,16-,17+,18?/m1/s1. The van der Waals surface area contributed by atoms with E-state index in [1.807, 2.05) is 13.0 Å². The summed E-state index contributed by atoms with van der Waals surface area (Å²) in [5, 5.41) is 22.3. The maximum absolute atomic E-state index is 13.1. The van der Waals surface area contributed by atoms with Gasteiger partial charge in [0.1, 0.15) is 11.2 Å². The molecule has 0 aromatic heterocycles. The van der Waals surface area contributed by atoms with Crippen LogP contribution < -0.4 is 0 Å². The first-order chi connectivity index (χ1) is 10.9. The highest BCUT2D eigenvalue weighted by molar-refractivity contribution is 6.23. The van der Waals surface area contributed by atoms with Gasteiger partial charge in [0.15, 0.2) is 11.6 Å². The molecule has 2 bridgehead atoms. The van der Waals surface area contributed by atoms with Gasteiger partial charge in [-0.15, -0.1) is 23.2 Å². The van der Waals surface area contributed by atoms with Crippen LogP contribution in [0.1, 0.15) is 27.7 Å². The van der Waals surface area contributed by atoms with Crippen LogP contribution in [0.3, 0.4) is 0 Å². The van der Waals surface area contributed by atoms with Crippen LogP contribution in [0.15, 0.2) is 23.3 Å². The maximum Gasteiger partial charge on any atom is 0.191 e. The predicted molar refractivity (Wildman–Crippen MR) is 92.1 cm³/mol. The largest absolute Gasteiger partial charge is 0.380 e. The van der Waals surface area contributed by atoms with Crippen molar-refractivity contribution in [3.05, 3.63) is 23.3 Å². The Morgan fingerprint density at radius 3 is 2.08 bits per heavy atom. The molecule has 4 nitrogen and oxygen atoms in total. The van der Waals surface area contributed by atoms with Crippen molar-refractivity contribution in [1.82, 2.24) is 0 Å². The third-order valence-corrected chi connectivity index (χ3v) is 7.49. The van der Waals surface area contributed by atoms with Crippen LogP contribution in [0.2, 0.25) is 0 Å². The number of fused-ring (bicyclic) bond motifs is 1. The third kappa shape index (κ3) is 1.68. The van der Waals surface area contributed by atoms with E-state index in [2.05, 4.69) is 0 Å². The minimum absolute atomic E-state index is 0.293. The van der Waals surface area contributed by atoms with E-state index in [9.17, 15) is 19.8 Å². The molecule has 0 spiro atoms. The van der Waals surface area contributed by atoms with Crippen LogP contribution in [0.25, 0.3) is 0 Å². The third-order valence-electron chi connectivity index (χ3n) is 6.67. The van der Waals surface area contributed by atoms with Crippen LogP contribution in [0.5, 0.6) is 0 Å². The number of carbonyl (C=O) groups is 2. The average Bonchev–Trinajstić information content (AvgIpc) is 2.52. The van der Waals surface area contributed by atoms with Crippen molar-refractivity contribution in [3.63, 3.8) is 0 Å². The molecule has 6 heteroatoms. The zero-order chi connectivity index (χ0) is 18.3. The summed E-state index contributed by atoms with van der Waals surface area (Å²) >= 11 is 12.1. The summed E-state index contributed by atoms with van der Waals surface area (Å²) in [4.78, 5) is 25.9. The summed E-state index contributed by atoms with van der Waals surface area (Å²) < 4.78 is 0. The minimum atomic E-state index is -1.85. The Balaban J connectivity index is 2.41. The van der Waals surface area contributed by atoms with Gasteiger partial charge < -0.3 is 10.2 Å². The Labute approximate surface area is 151 Å². The van der Waals surface area contributed by atoms with Crippen molar-refractivity contribution in [2.45, 2.75) is 38.9 Å². The van der Waals surface area contributed by atoms with Crippen molar-refractivity contribution >= 4 is 34.8 Å². The second kappa shape index (κ2) is 4.94. The molecular formula is C18H22Cl2O4. The number of alkyl halides is 2. The number of hydrogen-bond acceptors (Lipinski definition) is 4. The van der Waals surface area contributed by atoms with Crippen LogP contribution in [0, 0.1) is 22.7 Å². The fourth-order valence-corrected chi connectivity index (χ4v) is 6.06. The highest BCUT2D eigenvalue weighted by atomic mass is 35.5. The molecule has 2 N–H and O–H groups in total. The monoisotopic (exact) mass is 372 g/mol. The lowest BCUT2D eigenvalue weighted by Gasteiger charge is -2.66. The number of carbonyl (C=O) groups excluding carboxylic acids is 2. The van der Waals surface area contributed by atoms with Gasteiger partial charge >= 0.3 is 0 Å². The van der Waals surface area contributed by atoms with Crippen molar-refractivity contribution in [2.75, 3.05) is 11.8 Å². The van der Waals surface area contributed by atoms with Gasteiger partial charge in [0.25, 0.3) is 0 Å². The number of Topliss-reactive ketones (excluding diaryl/α,β-unsaturated/α-hetero) is 2. The molecule has 4 aliphatic rings. The van der Waals surface area contributed by atoms with Crippen LogP contribution >= 0.6 is 23.2 Å². The van der Waals surface area contributed by atoms with Gasteiger partial charge in [0, 0.05) is 17.3 Å². The van der Waals surface area contributed by atoms with Crippen LogP contribution in [0.4, 0.5) is 0 Å². The molecule has 24 heavy (non-hydrogen) atoms. The van der Waals surface area contributed by atoms with Crippen molar-refractivity contribution in [1.29, 1.82) is 0 Å². The van der Waals surface area contributed by atoms with Gasteiger partial charge in [0.2, 0.25) is 0 Å². The molecule has 0 aliphatic heterocycles. The minimum Gasteiger partial charge on any atom is -0.380 e. The molecule has 1 fully saturated rings. The Morgan fingerprint density at radius 1 is 1.04 bits per heavy atom. The fraction of sp³-hybridized carbons (Fsp3) is 0.667. The summed E-state index contributed by atoms with van der Waals surface area (Å²) in [6, 6.07) is 0. The van der Waals surface area contributed by atoms with Gasteiger partial charge in [-0.05, 0) is 26.3 Å². The Hall–Kier alpha value is -0.680. The quantitative estimate of drug-likeness (QED) is 0.575. The lowest BCUT2D eigenvalue weighted by Crippen LogP contribution is -2.76. The zero-order valence-electron chi connectivity index (χ0n) is 14.2. The zero-order valence-corrected chi connectivity index (χ0v) is 15.7. The summed E-state index contributed by atoms with van der Waals surface area (Å²) in [7, 11) is 0. The number of halogens is 2. The number of aliphatic hydroxyl groups is 2. The van der Waals surface area contributed by atoms with Gasteiger partial charge in [-0.2, -0.15) is 0 Å². The maximum atomic E-state index is 13.1. The molecule has 4 aliphatic carbocycles. The number of allylic oxidation sites excluding steroid dienone is 2. The Bertz CT molecular complexity index is 714. The lowest BCUT2D eigenvalue weighted by atomic mass is 9.37. The van der Waals surface area contributed by atoms with Crippen molar-refractivity contribution < 1.29 is 19.8 Å². The van der Waals surface area contributed by atoms with Crippen LogP contribution in [-0.4, -0.2) is 44.7 Å². The highest BCUT2D eigenvalue weighted by Gasteiger charge is 2.75. The molecule has 1 saturated carbocycles. The predicted octanol–water partition coefficient (Wildman–Crippen LogP) is 2.24. The SMILES string of the molecule is CC1=C[C@@]2(C)[C@H]([C@H]3C(C)=C[C@]2(C)C(=O)[C@]3(O)CCl)C(O)(CCl)C1=O. The summed E-state index contributed by atoms with van der Waals surface area (Å²) in [6.45, 7) is 7.03. The van der Waals surface area contributed by atoms with Crippen molar-refractivity contribution in [3.8, 4) is 0 Å². The number of rotatable bonds is 2. The Morgan fingerprint density at radius 2 is 1.58 bits per heavy atom. The second-order valence-electron chi connectivity index (χ2n) is 7.93. The molecule has 1 unspecified atom stereocenters. The molecule has 0 radical (unpaired) electrons. The molecule has 0 heterocycles. The Kier molecular flexibility index (Phi) is 3.73. The first-order valence-corrected chi connectivity index (χ1v) is 9.06. The molecule has 132 valence electrons. The molecular weight excluding hydrogens is 351 g/mol. The molecule has 6 atom stereocenters. The molecule has 4 rings (SSSR count). The van der Waals surface area contributed by atoms with E-state index in [0.29, 0.717) is 5.57 Å². The van der Waals surface area contributed by atoms with E-state index in [1.165, 1.54) is 0 Å². The van der Waals surface area contributed by atoms with E-state index >= 15 is 0 Å². The summed E-state index contributed by atoms with van der Waals surface area (Å²) in [6.07, 6.45) is 3.62. The van der Waals surface area contributed by atoms with Gasteiger partial charge in [-0.1, -0.05) is 24.6 Å². The van der Waals surface area contributed by atoms with E-state index in [-0.39, 0.29) is 17.5 Å². The average molecular weight is 373 g/mol. The van der Waals surface area contributed by atoms with Gasteiger partial charge in [-0.25, -0.2) is 0 Å².